The summed E-state index contributed by atoms with van der Waals surface area (Å²) in [4.78, 5) is 0. The molecule has 0 heteroatoms. The first-order valence-corrected chi connectivity index (χ1v) is 9.60. The summed E-state index contributed by atoms with van der Waals surface area (Å²) in [6.45, 7) is 11.5. The van der Waals surface area contributed by atoms with Crippen molar-refractivity contribution >= 4 is 0 Å². The van der Waals surface area contributed by atoms with Crippen molar-refractivity contribution in [2.45, 2.75) is 66.2 Å². The van der Waals surface area contributed by atoms with Crippen LogP contribution in [0, 0.1) is 11.8 Å². The van der Waals surface area contributed by atoms with Crippen LogP contribution in [-0.4, -0.2) is 0 Å². The van der Waals surface area contributed by atoms with Gasteiger partial charge in [0.25, 0.3) is 0 Å². The topological polar surface area (TPSA) is 0 Å². The molecule has 0 heterocycles. The Kier molecular flexibility index (Phi) is 7.09. The first-order chi connectivity index (χ1) is 11.4. The second-order valence-electron chi connectivity index (χ2n) is 8.19. The normalized spacial score (nSPS) is 12.8. The molecule has 0 aromatic heterocycles. The molecule has 0 spiro atoms. The molecule has 0 bridgehead atoms. The molecule has 0 fully saturated rings. The number of benzene rings is 2. The standard InChI is InChI=1S/C24H34/c1-18(2)16-22-10-8-21(9-11-22)7-6-20(5)24-14-12-23(13-15-24)17-19(3)4/h8-15,18-20H,6-7,16-17H2,1-5H3. The summed E-state index contributed by atoms with van der Waals surface area (Å²) in [5.74, 6) is 2.08. The van der Waals surface area contributed by atoms with Crippen molar-refractivity contribution in [3.8, 4) is 0 Å². The van der Waals surface area contributed by atoms with Crippen molar-refractivity contribution in [1.29, 1.82) is 0 Å². The van der Waals surface area contributed by atoms with E-state index in [9.17, 15) is 0 Å². The second kappa shape index (κ2) is 9.06. The molecule has 0 saturated heterocycles. The molecular weight excluding hydrogens is 288 g/mol. The van der Waals surface area contributed by atoms with Gasteiger partial charge in [-0.3, -0.25) is 0 Å². The van der Waals surface area contributed by atoms with Crippen molar-refractivity contribution < 1.29 is 0 Å². The molecule has 1 atom stereocenters. The number of rotatable bonds is 8. The Bertz CT molecular complexity index is 587. The summed E-state index contributed by atoms with van der Waals surface area (Å²) in [7, 11) is 0. The predicted molar refractivity (Wildman–Crippen MR) is 107 cm³/mol. The summed E-state index contributed by atoms with van der Waals surface area (Å²) < 4.78 is 0. The highest BCUT2D eigenvalue weighted by atomic mass is 14.1. The number of hydrogen-bond donors (Lipinski definition) is 0. The van der Waals surface area contributed by atoms with Crippen molar-refractivity contribution in [2.75, 3.05) is 0 Å². The zero-order chi connectivity index (χ0) is 17.5. The van der Waals surface area contributed by atoms with E-state index in [1.807, 2.05) is 0 Å². The molecule has 0 nitrogen and oxygen atoms in total. The first kappa shape index (κ1) is 18.8. The van der Waals surface area contributed by atoms with Crippen LogP contribution in [0.5, 0.6) is 0 Å². The van der Waals surface area contributed by atoms with Crippen molar-refractivity contribution in [3.63, 3.8) is 0 Å². The number of aryl methyl sites for hydroxylation is 1. The minimum Gasteiger partial charge on any atom is -0.0625 e. The van der Waals surface area contributed by atoms with E-state index in [0.29, 0.717) is 5.92 Å². The van der Waals surface area contributed by atoms with Gasteiger partial charge in [-0.15, -0.1) is 0 Å². The molecule has 0 aliphatic heterocycles. The molecule has 0 aliphatic rings. The summed E-state index contributed by atoms with van der Waals surface area (Å²) in [5, 5.41) is 0. The third-order valence-electron chi connectivity index (χ3n) is 4.73. The van der Waals surface area contributed by atoms with E-state index < -0.39 is 0 Å². The highest BCUT2D eigenvalue weighted by molar-refractivity contribution is 5.26. The van der Waals surface area contributed by atoms with E-state index >= 15 is 0 Å². The fourth-order valence-corrected chi connectivity index (χ4v) is 3.32. The predicted octanol–water partition coefficient (Wildman–Crippen LogP) is 6.82. The van der Waals surface area contributed by atoms with Gasteiger partial charge in [-0.05, 0) is 65.7 Å². The minimum absolute atomic E-state index is 0.619. The van der Waals surface area contributed by atoms with Crippen LogP contribution in [0.2, 0.25) is 0 Å². The second-order valence-corrected chi connectivity index (χ2v) is 8.19. The van der Waals surface area contributed by atoms with Gasteiger partial charge in [0.2, 0.25) is 0 Å². The maximum absolute atomic E-state index is 2.35. The van der Waals surface area contributed by atoms with Gasteiger partial charge in [0.1, 0.15) is 0 Å². The van der Waals surface area contributed by atoms with Crippen molar-refractivity contribution in [2.24, 2.45) is 11.8 Å². The van der Waals surface area contributed by atoms with Crippen LogP contribution >= 0.6 is 0 Å². The average Bonchev–Trinajstić information content (AvgIpc) is 2.53. The Hall–Kier alpha value is -1.56. The quantitative estimate of drug-likeness (QED) is 0.500. The Morgan fingerprint density at radius 2 is 1.00 bits per heavy atom. The highest BCUT2D eigenvalue weighted by Gasteiger charge is 2.07. The zero-order valence-corrected chi connectivity index (χ0v) is 16.2. The lowest BCUT2D eigenvalue weighted by Crippen LogP contribution is -1.99. The van der Waals surface area contributed by atoms with Gasteiger partial charge in [-0.25, -0.2) is 0 Å². The Morgan fingerprint density at radius 3 is 1.46 bits per heavy atom. The molecule has 0 amide bonds. The highest BCUT2D eigenvalue weighted by Crippen LogP contribution is 2.23. The summed E-state index contributed by atoms with van der Waals surface area (Å²) in [6.07, 6.45) is 4.74. The lowest BCUT2D eigenvalue weighted by molar-refractivity contribution is 0.644. The molecule has 2 aromatic rings. The largest absolute Gasteiger partial charge is 0.0625 e. The maximum Gasteiger partial charge on any atom is -0.0187 e. The lowest BCUT2D eigenvalue weighted by atomic mass is 9.92. The summed E-state index contributed by atoms with van der Waals surface area (Å²) in [6, 6.07) is 18.5. The van der Waals surface area contributed by atoms with E-state index in [2.05, 4.69) is 83.1 Å². The lowest BCUT2D eigenvalue weighted by Gasteiger charge is -2.14. The zero-order valence-electron chi connectivity index (χ0n) is 16.2. The maximum atomic E-state index is 2.35. The molecular formula is C24H34. The van der Waals surface area contributed by atoms with Crippen LogP contribution in [0.1, 0.15) is 69.2 Å². The van der Waals surface area contributed by atoms with Crippen LogP contribution in [0.15, 0.2) is 48.5 Å². The molecule has 130 valence electrons. The van der Waals surface area contributed by atoms with Crippen LogP contribution in [0.3, 0.4) is 0 Å². The van der Waals surface area contributed by atoms with E-state index in [-0.39, 0.29) is 0 Å². The molecule has 0 radical (unpaired) electrons. The average molecular weight is 323 g/mol. The fraction of sp³-hybridized carbons (Fsp3) is 0.500. The van der Waals surface area contributed by atoms with Gasteiger partial charge in [-0.2, -0.15) is 0 Å². The van der Waals surface area contributed by atoms with Crippen molar-refractivity contribution in [3.05, 3.63) is 70.8 Å². The summed E-state index contributed by atoms with van der Waals surface area (Å²) >= 11 is 0. The Morgan fingerprint density at radius 1 is 0.583 bits per heavy atom. The molecule has 2 rings (SSSR count). The van der Waals surface area contributed by atoms with Crippen LogP contribution < -0.4 is 0 Å². The van der Waals surface area contributed by atoms with Crippen LogP contribution in [-0.2, 0) is 19.3 Å². The molecule has 0 N–H and O–H groups in total. The monoisotopic (exact) mass is 322 g/mol. The smallest absolute Gasteiger partial charge is 0.0187 e. The Labute approximate surface area is 149 Å². The van der Waals surface area contributed by atoms with E-state index in [0.717, 1.165) is 18.3 Å². The first-order valence-electron chi connectivity index (χ1n) is 9.60. The SMILES string of the molecule is CC(C)Cc1ccc(CCC(C)c2ccc(CC(C)C)cc2)cc1. The molecule has 0 saturated carbocycles. The van der Waals surface area contributed by atoms with Gasteiger partial charge < -0.3 is 0 Å². The van der Waals surface area contributed by atoms with Crippen LogP contribution in [0.4, 0.5) is 0 Å². The van der Waals surface area contributed by atoms with E-state index in [1.165, 1.54) is 41.5 Å². The molecule has 0 aliphatic carbocycles. The van der Waals surface area contributed by atoms with Gasteiger partial charge >= 0.3 is 0 Å². The van der Waals surface area contributed by atoms with Gasteiger partial charge in [0, 0.05) is 0 Å². The third kappa shape index (κ3) is 6.15. The Balaban J connectivity index is 1.87. The molecule has 2 aromatic carbocycles. The van der Waals surface area contributed by atoms with Crippen molar-refractivity contribution in [1.82, 2.24) is 0 Å². The molecule has 1 unspecified atom stereocenters. The van der Waals surface area contributed by atoms with Gasteiger partial charge in [0.15, 0.2) is 0 Å². The van der Waals surface area contributed by atoms with E-state index in [1.54, 1.807) is 0 Å². The number of hydrogen-bond acceptors (Lipinski definition) is 0. The van der Waals surface area contributed by atoms with Crippen LogP contribution in [0.25, 0.3) is 0 Å². The van der Waals surface area contributed by atoms with Gasteiger partial charge in [0.05, 0.1) is 0 Å². The fourth-order valence-electron chi connectivity index (χ4n) is 3.32. The van der Waals surface area contributed by atoms with Gasteiger partial charge in [-0.1, -0.05) is 83.1 Å². The summed E-state index contributed by atoms with van der Waals surface area (Å²) in [5.41, 5.74) is 5.86. The third-order valence-corrected chi connectivity index (χ3v) is 4.73. The minimum atomic E-state index is 0.619. The van der Waals surface area contributed by atoms with E-state index in [4.69, 9.17) is 0 Å². The molecule has 24 heavy (non-hydrogen) atoms.